The summed E-state index contributed by atoms with van der Waals surface area (Å²) in [5.74, 6) is 0.968. The highest BCUT2D eigenvalue weighted by Gasteiger charge is 2.28. The first-order valence-electron chi connectivity index (χ1n) is 10.6. The maximum Gasteiger partial charge on any atom is 0.321 e. The second kappa shape index (κ2) is 9.29. The summed E-state index contributed by atoms with van der Waals surface area (Å²) in [5.41, 5.74) is 2.15. The molecule has 4 rings (SSSR count). The molecular formula is C23H30N4O2. The van der Waals surface area contributed by atoms with Crippen LogP contribution in [0.25, 0.3) is 0 Å². The molecule has 6 nitrogen and oxygen atoms in total. The van der Waals surface area contributed by atoms with Crippen molar-refractivity contribution in [1.29, 1.82) is 0 Å². The third kappa shape index (κ3) is 5.28. The first-order valence-corrected chi connectivity index (χ1v) is 10.6. The van der Waals surface area contributed by atoms with Crippen LogP contribution in [-0.4, -0.2) is 65.3 Å². The molecule has 2 aromatic rings. The molecule has 0 radical (unpaired) electrons. The van der Waals surface area contributed by atoms with Crippen LogP contribution >= 0.6 is 0 Å². The summed E-state index contributed by atoms with van der Waals surface area (Å²) in [6.07, 6.45) is 3.65. The Labute approximate surface area is 172 Å². The molecular weight excluding hydrogens is 364 g/mol. The number of nitrogens with one attached hydrogen (secondary N) is 1. The van der Waals surface area contributed by atoms with Gasteiger partial charge in [-0.15, -0.1) is 0 Å². The maximum atomic E-state index is 12.5. The van der Waals surface area contributed by atoms with Gasteiger partial charge in [-0.25, -0.2) is 14.8 Å². The molecule has 2 N–H and O–H groups in total. The van der Waals surface area contributed by atoms with Crippen LogP contribution in [0.2, 0.25) is 0 Å². The molecule has 0 unspecified atom stereocenters. The van der Waals surface area contributed by atoms with Crippen molar-refractivity contribution in [3.63, 3.8) is 0 Å². The molecule has 0 spiro atoms. The summed E-state index contributed by atoms with van der Waals surface area (Å²) in [6.45, 7) is 5.44. The molecule has 6 heteroatoms. The molecule has 0 saturated carbocycles. The summed E-state index contributed by atoms with van der Waals surface area (Å²) in [5, 5.41) is 17.2. The highest BCUT2D eigenvalue weighted by molar-refractivity contribution is 5.89. The van der Waals surface area contributed by atoms with Gasteiger partial charge in [0.15, 0.2) is 0 Å². The van der Waals surface area contributed by atoms with Gasteiger partial charge in [-0.05, 0) is 55.0 Å². The Balaban J connectivity index is 1.20. The van der Waals surface area contributed by atoms with Crippen LogP contribution in [0, 0.1) is 5.92 Å². The zero-order chi connectivity index (χ0) is 20.1. The Morgan fingerprint density at radius 2 is 1.48 bits per heavy atom. The Morgan fingerprint density at radius 3 is 2.14 bits per heavy atom. The van der Waals surface area contributed by atoms with E-state index >= 15 is 0 Å². The molecule has 2 aliphatic heterocycles. The minimum Gasteiger partial charge on any atom is -0.508 e. The first-order chi connectivity index (χ1) is 14.2. The maximum absolute atomic E-state index is 12.5. The van der Waals surface area contributed by atoms with E-state index in [0.717, 1.165) is 45.2 Å². The van der Waals surface area contributed by atoms with Crippen molar-refractivity contribution in [3.05, 3.63) is 60.2 Å². The second-order valence-electron chi connectivity index (χ2n) is 8.00. The van der Waals surface area contributed by atoms with Crippen LogP contribution in [0.15, 0.2) is 54.6 Å². The number of hydrazine groups is 1. The normalized spacial score (nSPS) is 19.2. The Morgan fingerprint density at radius 1 is 0.862 bits per heavy atom. The lowest BCUT2D eigenvalue weighted by atomic mass is 9.91. The highest BCUT2D eigenvalue weighted by Crippen LogP contribution is 2.23. The van der Waals surface area contributed by atoms with Crippen LogP contribution in [0.5, 0.6) is 5.75 Å². The number of benzene rings is 2. The number of carbonyl (C=O) groups excluding carboxylic acids is 1. The van der Waals surface area contributed by atoms with E-state index in [4.69, 9.17) is 0 Å². The van der Waals surface area contributed by atoms with E-state index in [0.29, 0.717) is 5.69 Å². The minimum absolute atomic E-state index is 0.0723. The van der Waals surface area contributed by atoms with Crippen LogP contribution < -0.4 is 5.32 Å². The van der Waals surface area contributed by atoms with E-state index < -0.39 is 0 Å². The first kappa shape index (κ1) is 19.7. The largest absolute Gasteiger partial charge is 0.508 e. The van der Waals surface area contributed by atoms with Crippen molar-refractivity contribution in [3.8, 4) is 5.75 Å². The highest BCUT2D eigenvalue weighted by atomic mass is 16.3. The van der Waals surface area contributed by atoms with E-state index in [1.165, 1.54) is 24.8 Å². The monoisotopic (exact) mass is 394 g/mol. The molecule has 0 aromatic heterocycles. The number of phenolic OH excluding ortho intramolecular Hbond substituents is 1. The standard InChI is InChI=1S/C23H30N4O2/c28-22-8-6-21(7-9-22)24-23(29)25-14-16-27(17-15-25)26-12-10-20(11-13-26)18-19-4-2-1-3-5-19/h1-9,20,28H,10-18H2,(H,24,29). The number of piperazine rings is 1. The van der Waals surface area contributed by atoms with E-state index in [2.05, 4.69) is 45.7 Å². The van der Waals surface area contributed by atoms with Crippen molar-refractivity contribution in [2.75, 3.05) is 44.6 Å². The van der Waals surface area contributed by atoms with Gasteiger partial charge in [0.1, 0.15) is 5.75 Å². The fourth-order valence-electron chi connectivity index (χ4n) is 4.28. The van der Waals surface area contributed by atoms with E-state index in [1.54, 1.807) is 24.3 Å². The number of nitrogens with zero attached hydrogens (tertiary/aromatic N) is 3. The molecule has 2 saturated heterocycles. The number of carbonyl (C=O) groups is 1. The number of rotatable bonds is 4. The average Bonchev–Trinajstić information content (AvgIpc) is 2.77. The fraction of sp³-hybridized carbons (Fsp3) is 0.435. The van der Waals surface area contributed by atoms with Gasteiger partial charge < -0.3 is 15.3 Å². The van der Waals surface area contributed by atoms with Gasteiger partial charge in [-0.2, -0.15) is 0 Å². The van der Waals surface area contributed by atoms with Crippen LogP contribution in [0.4, 0.5) is 10.5 Å². The summed E-state index contributed by atoms with van der Waals surface area (Å²) in [7, 11) is 0. The molecule has 154 valence electrons. The number of aromatic hydroxyl groups is 1. The quantitative estimate of drug-likeness (QED) is 0.781. The Bertz CT molecular complexity index is 780. The summed E-state index contributed by atoms with van der Waals surface area (Å²) >= 11 is 0. The lowest BCUT2D eigenvalue weighted by molar-refractivity contribution is -0.0693. The molecule has 2 aliphatic rings. The van der Waals surface area contributed by atoms with Crippen molar-refractivity contribution in [1.82, 2.24) is 14.9 Å². The lowest BCUT2D eigenvalue weighted by Crippen LogP contribution is -2.57. The number of hydrogen-bond acceptors (Lipinski definition) is 4. The number of amides is 2. The molecule has 0 aliphatic carbocycles. The minimum atomic E-state index is -0.0723. The molecule has 29 heavy (non-hydrogen) atoms. The number of hydrogen-bond donors (Lipinski definition) is 2. The average molecular weight is 395 g/mol. The van der Waals surface area contributed by atoms with E-state index in [-0.39, 0.29) is 11.8 Å². The molecule has 2 heterocycles. The van der Waals surface area contributed by atoms with Crippen molar-refractivity contribution >= 4 is 11.7 Å². The predicted molar refractivity (Wildman–Crippen MR) is 115 cm³/mol. The number of piperidine rings is 1. The Hall–Kier alpha value is -2.57. The van der Waals surface area contributed by atoms with Gasteiger partial charge in [-0.3, -0.25) is 0 Å². The van der Waals surface area contributed by atoms with Crippen LogP contribution in [0.1, 0.15) is 18.4 Å². The van der Waals surface area contributed by atoms with Gasteiger partial charge in [0.05, 0.1) is 0 Å². The van der Waals surface area contributed by atoms with Gasteiger partial charge in [0, 0.05) is 45.0 Å². The third-order valence-corrected chi connectivity index (χ3v) is 6.02. The summed E-state index contributed by atoms with van der Waals surface area (Å²) < 4.78 is 0. The van der Waals surface area contributed by atoms with Gasteiger partial charge in [0.2, 0.25) is 0 Å². The van der Waals surface area contributed by atoms with Crippen LogP contribution in [-0.2, 0) is 6.42 Å². The topological polar surface area (TPSA) is 59.1 Å². The van der Waals surface area contributed by atoms with Gasteiger partial charge in [-0.1, -0.05) is 30.3 Å². The van der Waals surface area contributed by atoms with Crippen molar-refractivity contribution in [2.24, 2.45) is 5.92 Å². The molecule has 0 bridgehead atoms. The van der Waals surface area contributed by atoms with E-state index in [1.807, 2.05) is 4.90 Å². The fourth-order valence-corrected chi connectivity index (χ4v) is 4.28. The number of anilines is 1. The lowest BCUT2D eigenvalue weighted by Gasteiger charge is -2.44. The Kier molecular flexibility index (Phi) is 6.32. The zero-order valence-corrected chi connectivity index (χ0v) is 16.8. The third-order valence-electron chi connectivity index (χ3n) is 6.02. The molecule has 2 aromatic carbocycles. The van der Waals surface area contributed by atoms with Crippen LogP contribution in [0.3, 0.4) is 0 Å². The predicted octanol–water partition coefficient (Wildman–Crippen LogP) is 3.41. The SMILES string of the molecule is O=C(Nc1ccc(O)cc1)N1CCN(N2CCC(Cc3ccccc3)CC2)CC1. The van der Waals surface area contributed by atoms with Gasteiger partial charge in [0.25, 0.3) is 0 Å². The summed E-state index contributed by atoms with van der Waals surface area (Å²) in [6, 6.07) is 17.3. The molecule has 2 fully saturated rings. The second-order valence-corrected chi connectivity index (χ2v) is 8.00. The zero-order valence-electron chi connectivity index (χ0n) is 16.8. The number of phenols is 1. The molecule has 0 atom stereocenters. The summed E-state index contributed by atoms with van der Waals surface area (Å²) in [4.78, 5) is 14.3. The molecule has 2 amide bonds. The van der Waals surface area contributed by atoms with E-state index in [9.17, 15) is 9.90 Å². The van der Waals surface area contributed by atoms with Crippen molar-refractivity contribution < 1.29 is 9.90 Å². The van der Waals surface area contributed by atoms with Gasteiger partial charge >= 0.3 is 6.03 Å². The number of urea groups is 1. The smallest absolute Gasteiger partial charge is 0.321 e. The van der Waals surface area contributed by atoms with Crippen molar-refractivity contribution in [2.45, 2.75) is 19.3 Å².